The van der Waals surface area contributed by atoms with Crippen LogP contribution in [0.5, 0.6) is 5.75 Å². The van der Waals surface area contributed by atoms with Gasteiger partial charge in [-0.15, -0.1) is 0 Å². The first kappa shape index (κ1) is 18.0. The van der Waals surface area contributed by atoms with Gasteiger partial charge < -0.3 is 10.1 Å². The van der Waals surface area contributed by atoms with Crippen molar-refractivity contribution in [2.45, 2.75) is 13.8 Å². The fraction of sp³-hybridized carbons (Fsp3) is 0.200. The van der Waals surface area contributed by atoms with E-state index in [9.17, 15) is 9.59 Å². The monoisotopic (exact) mass is 370 g/mol. The number of aryl methyl sites for hydroxylation is 1. The van der Waals surface area contributed by atoms with Gasteiger partial charge in [0.05, 0.1) is 12.2 Å². The predicted octanol–water partition coefficient (Wildman–Crippen LogP) is 3.87. The number of benzene rings is 2. The molecule has 1 aliphatic heterocycles. The second-order valence-electron chi connectivity index (χ2n) is 5.97. The van der Waals surface area contributed by atoms with Crippen molar-refractivity contribution in [3.8, 4) is 5.75 Å². The summed E-state index contributed by atoms with van der Waals surface area (Å²) in [7, 11) is 1.47. The van der Waals surface area contributed by atoms with Gasteiger partial charge in [0.25, 0.3) is 11.8 Å². The van der Waals surface area contributed by atoms with Crippen LogP contribution in [0.1, 0.15) is 18.1 Å². The van der Waals surface area contributed by atoms with Gasteiger partial charge in [-0.1, -0.05) is 29.8 Å². The van der Waals surface area contributed by atoms with Crippen molar-refractivity contribution in [3.63, 3.8) is 0 Å². The van der Waals surface area contributed by atoms with Gasteiger partial charge in [-0.3, -0.25) is 14.5 Å². The lowest BCUT2D eigenvalue weighted by molar-refractivity contribution is -0.135. The number of anilines is 1. The summed E-state index contributed by atoms with van der Waals surface area (Å²) in [4.78, 5) is 26.3. The average molecular weight is 371 g/mol. The van der Waals surface area contributed by atoms with Gasteiger partial charge in [0.15, 0.2) is 0 Å². The van der Waals surface area contributed by atoms with Crippen LogP contribution in [0.2, 0.25) is 5.02 Å². The lowest BCUT2D eigenvalue weighted by atomic mass is 10.0. The molecule has 1 heterocycles. The SMILES string of the molecule is CCOc1ccc(C2=C(Nc3ccc(C)c(Cl)c3)C(=O)N(C)C2=O)cc1. The lowest BCUT2D eigenvalue weighted by Gasteiger charge is -2.10. The Kier molecular flexibility index (Phi) is 5.00. The molecule has 0 radical (unpaired) electrons. The van der Waals surface area contributed by atoms with Gasteiger partial charge in [-0.25, -0.2) is 0 Å². The summed E-state index contributed by atoms with van der Waals surface area (Å²) >= 11 is 6.16. The molecule has 0 unspecified atom stereocenters. The molecule has 0 fully saturated rings. The number of imide groups is 1. The van der Waals surface area contributed by atoms with Crippen LogP contribution < -0.4 is 10.1 Å². The third-order valence-electron chi connectivity index (χ3n) is 4.18. The second-order valence-corrected chi connectivity index (χ2v) is 6.37. The number of hydrogen-bond acceptors (Lipinski definition) is 4. The normalized spacial score (nSPS) is 14.2. The van der Waals surface area contributed by atoms with Crippen LogP contribution in [0.4, 0.5) is 5.69 Å². The number of nitrogens with one attached hydrogen (secondary N) is 1. The van der Waals surface area contributed by atoms with Crippen molar-refractivity contribution in [2.24, 2.45) is 0 Å². The van der Waals surface area contributed by atoms with E-state index in [4.69, 9.17) is 16.3 Å². The smallest absolute Gasteiger partial charge is 0.277 e. The van der Waals surface area contributed by atoms with Gasteiger partial charge in [0, 0.05) is 17.8 Å². The quantitative estimate of drug-likeness (QED) is 0.812. The Hall–Kier alpha value is -2.79. The number of halogens is 1. The van der Waals surface area contributed by atoms with E-state index < -0.39 is 0 Å². The molecule has 0 saturated heterocycles. The number of rotatable bonds is 5. The number of nitrogens with zero attached hydrogens (tertiary/aromatic N) is 1. The van der Waals surface area contributed by atoms with Crippen molar-refractivity contribution in [3.05, 3.63) is 64.3 Å². The minimum Gasteiger partial charge on any atom is -0.494 e. The van der Waals surface area contributed by atoms with Crippen LogP contribution in [-0.4, -0.2) is 30.4 Å². The van der Waals surface area contributed by atoms with Crippen LogP contribution in [-0.2, 0) is 9.59 Å². The van der Waals surface area contributed by atoms with Crippen LogP contribution in [0.15, 0.2) is 48.2 Å². The number of amides is 2. The number of likely N-dealkylation sites (N-methyl/N-ethyl adjacent to an activating group) is 1. The molecule has 0 aliphatic carbocycles. The van der Waals surface area contributed by atoms with Crippen LogP contribution >= 0.6 is 11.6 Å². The summed E-state index contributed by atoms with van der Waals surface area (Å²) in [5.74, 6) is -0.0164. The highest BCUT2D eigenvalue weighted by molar-refractivity contribution is 6.36. The zero-order valence-electron chi connectivity index (χ0n) is 14.8. The lowest BCUT2D eigenvalue weighted by Crippen LogP contribution is -2.27. The van der Waals surface area contributed by atoms with Crippen molar-refractivity contribution >= 4 is 34.7 Å². The molecule has 26 heavy (non-hydrogen) atoms. The van der Waals surface area contributed by atoms with Gasteiger partial charge in [0.1, 0.15) is 11.4 Å². The molecule has 0 aromatic heterocycles. The zero-order valence-corrected chi connectivity index (χ0v) is 15.6. The molecule has 3 rings (SSSR count). The van der Waals surface area contributed by atoms with E-state index in [0.717, 1.165) is 10.5 Å². The molecule has 2 aromatic carbocycles. The van der Waals surface area contributed by atoms with Gasteiger partial charge >= 0.3 is 0 Å². The maximum atomic E-state index is 12.6. The Morgan fingerprint density at radius 1 is 1.08 bits per heavy atom. The summed E-state index contributed by atoms with van der Waals surface area (Å²) in [6.07, 6.45) is 0. The molecule has 134 valence electrons. The van der Waals surface area contributed by atoms with Crippen molar-refractivity contribution in [1.82, 2.24) is 4.90 Å². The Bertz CT molecular complexity index is 904. The van der Waals surface area contributed by atoms with E-state index in [1.165, 1.54) is 7.05 Å². The fourth-order valence-corrected chi connectivity index (χ4v) is 2.91. The van der Waals surface area contributed by atoms with E-state index in [1.807, 2.05) is 26.0 Å². The highest BCUT2D eigenvalue weighted by atomic mass is 35.5. The Morgan fingerprint density at radius 3 is 2.38 bits per heavy atom. The first-order valence-corrected chi connectivity index (χ1v) is 8.63. The molecule has 1 aliphatic rings. The maximum Gasteiger partial charge on any atom is 0.277 e. The van der Waals surface area contributed by atoms with Gasteiger partial charge in [0.2, 0.25) is 0 Å². The molecule has 0 saturated carbocycles. The Labute approximate surface area is 157 Å². The highest BCUT2D eigenvalue weighted by Gasteiger charge is 2.36. The highest BCUT2D eigenvalue weighted by Crippen LogP contribution is 2.31. The Morgan fingerprint density at radius 2 is 1.77 bits per heavy atom. The zero-order chi connectivity index (χ0) is 18.8. The fourth-order valence-electron chi connectivity index (χ4n) is 2.72. The van der Waals surface area contributed by atoms with E-state index in [1.54, 1.807) is 30.3 Å². The van der Waals surface area contributed by atoms with E-state index in [2.05, 4.69) is 5.32 Å². The molecular weight excluding hydrogens is 352 g/mol. The largest absolute Gasteiger partial charge is 0.494 e. The molecule has 1 N–H and O–H groups in total. The van der Waals surface area contributed by atoms with E-state index in [0.29, 0.717) is 34.2 Å². The van der Waals surface area contributed by atoms with Crippen LogP contribution in [0.25, 0.3) is 5.57 Å². The average Bonchev–Trinajstić information content (AvgIpc) is 2.83. The summed E-state index contributed by atoms with van der Waals surface area (Å²) in [5, 5.41) is 3.65. The minimum absolute atomic E-state index is 0.238. The summed E-state index contributed by atoms with van der Waals surface area (Å²) in [5.41, 5.74) is 2.80. The van der Waals surface area contributed by atoms with Crippen LogP contribution in [0.3, 0.4) is 0 Å². The first-order valence-electron chi connectivity index (χ1n) is 8.25. The minimum atomic E-state index is -0.379. The van der Waals surface area contributed by atoms with Crippen molar-refractivity contribution in [1.29, 1.82) is 0 Å². The molecule has 0 atom stereocenters. The molecular formula is C20H19ClN2O3. The van der Waals surface area contributed by atoms with Crippen LogP contribution in [0, 0.1) is 6.92 Å². The first-order chi connectivity index (χ1) is 12.4. The summed E-state index contributed by atoms with van der Waals surface area (Å²) in [6, 6.07) is 12.5. The van der Waals surface area contributed by atoms with E-state index in [-0.39, 0.29) is 17.5 Å². The number of ether oxygens (including phenoxy) is 1. The number of carbonyl (C=O) groups excluding carboxylic acids is 2. The molecule has 2 aromatic rings. The van der Waals surface area contributed by atoms with Gasteiger partial charge in [-0.2, -0.15) is 0 Å². The van der Waals surface area contributed by atoms with Gasteiger partial charge in [-0.05, 0) is 49.2 Å². The Balaban J connectivity index is 2.02. The third-order valence-corrected chi connectivity index (χ3v) is 4.59. The van der Waals surface area contributed by atoms with Crippen molar-refractivity contribution in [2.75, 3.05) is 19.0 Å². The summed E-state index contributed by atoms with van der Waals surface area (Å²) < 4.78 is 5.43. The number of hydrogen-bond donors (Lipinski definition) is 1. The summed E-state index contributed by atoms with van der Waals surface area (Å²) in [6.45, 7) is 4.36. The topological polar surface area (TPSA) is 58.6 Å². The maximum absolute atomic E-state index is 12.6. The molecule has 6 heteroatoms. The molecule has 5 nitrogen and oxygen atoms in total. The number of carbonyl (C=O) groups is 2. The molecule has 2 amide bonds. The van der Waals surface area contributed by atoms with E-state index >= 15 is 0 Å². The second kappa shape index (κ2) is 7.22. The standard InChI is InChI=1S/C20H19ClN2O3/c1-4-26-15-9-6-13(7-10-15)17-18(20(25)23(3)19(17)24)22-14-8-5-12(2)16(21)11-14/h5-11,22H,4H2,1-3H3. The van der Waals surface area contributed by atoms with Crippen molar-refractivity contribution < 1.29 is 14.3 Å². The molecule has 0 bridgehead atoms. The third kappa shape index (κ3) is 3.30. The predicted molar refractivity (Wildman–Crippen MR) is 102 cm³/mol. The molecule has 0 spiro atoms.